The van der Waals surface area contributed by atoms with E-state index in [9.17, 15) is 14.7 Å². The maximum atomic E-state index is 12.2. The number of ether oxygens (including phenoxy) is 1. The second kappa shape index (κ2) is 5.01. The number of rotatable bonds is 2. The van der Waals surface area contributed by atoms with Gasteiger partial charge < -0.3 is 20.5 Å². The van der Waals surface area contributed by atoms with Gasteiger partial charge in [0, 0.05) is 12.7 Å². The number of nitrogens with two attached hydrogens (primary N) is 1. The molecule has 2 heterocycles. The van der Waals surface area contributed by atoms with Gasteiger partial charge in [0.1, 0.15) is 11.8 Å². The molecular weight excluding hydrogens is 238 g/mol. The Morgan fingerprint density at radius 3 is 3.00 bits per heavy atom. The summed E-state index contributed by atoms with van der Waals surface area (Å²) < 4.78 is 5.12. The molecule has 0 aliphatic carbocycles. The number of nitrogens with zero attached hydrogens (tertiary/aromatic N) is 2. The standard InChI is InChI=1S/C11H13N3O4/c12-10(16)8-6-18-4-3-14(8)11(17)7-1-2-13-5-9(7)15/h1-2,5,8,15H,3-4,6H2,(H2,12,16). The normalized spacial score (nSPS) is 19.6. The van der Waals surface area contributed by atoms with Gasteiger partial charge in [-0.05, 0) is 6.07 Å². The summed E-state index contributed by atoms with van der Waals surface area (Å²) in [6, 6.07) is 0.587. The van der Waals surface area contributed by atoms with Gasteiger partial charge in [-0.3, -0.25) is 14.6 Å². The molecule has 1 aliphatic heterocycles. The molecule has 0 saturated carbocycles. The number of morpholine rings is 1. The third kappa shape index (κ3) is 2.25. The first-order chi connectivity index (χ1) is 8.61. The molecule has 7 nitrogen and oxygen atoms in total. The molecule has 1 aromatic rings. The zero-order valence-electron chi connectivity index (χ0n) is 9.57. The number of hydrogen-bond acceptors (Lipinski definition) is 5. The predicted octanol–water partition coefficient (Wildman–Crippen LogP) is -0.886. The molecule has 7 heteroatoms. The van der Waals surface area contributed by atoms with E-state index >= 15 is 0 Å². The largest absolute Gasteiger partial charge is 0.505 e. The number of aromatic nitrogens is 1. The van der Waals surface area contributed by atoms with Gasteiger partial charge >= 0.3 is 0 Å². The average molecular weight is 251 g/mol. The van der Waals surface area contributed by atoms with Crippen LogP contribution in [0.1, 0.15) is 10.4 Å². The van der Waals surface area contributed by atoms with E-state index in [1.54, 1.807) is 0 Å². The van der Waals surface area contributed by atoms with Crippen molar-refractivity contribution in [3.05, 3.63) is 24.0 Å². The molecule has 1 unspecified atom stereocenters. The summed E-state index contributed by atoms with van der Waals surface area (Å²) in [5.74, 6) is -1.31. The third-order valence-electron chi connectivity index (χ3n) is 2.75. The SMILES string of the molecule is NC(=O)C1COCCN1C(=O)c1ccncc1O. The summed E-state index contributed by atoms with van der Waals surface area (Å²) in [5, 5.41) is 9.58. The van der Waals surface area contributed by atoms with Gasteiger partial charge in [0.15, 0.2) is 0 Å². The molecule has 3 N–H and O–H groups in total. The summed E-state index contributed by atoms with van der Waals surface area (Å²) >= 11 is 0. The van der Waals surface area contributed by atoms with Crippen molar-refractivity contribution < 1.29 is 19.4 Å². The molecule has 0 aromatic carbocycles. The van der Waals surface area contributed by atoms with Crippen LogP contribution in [0.5, 0.6) is 5.75 Å². The first-order valence-electron chi connectivity index (χ1n) is 5.42. The number of carbonyl (C=O) groups is 2. The molecule has 0 radical (unpaired) electrons. The van der Waals surface area contributed by atoms with Crippen molar-refractivity contribution in [2.75, 3.05) is 19.8 Å². The van der Waals surface area contributed by atoms with Gasteiger partial charge in [-0.2, -0.15) is 0 Å². The van der Waals surface area contributed by atoms with E-state index in [1.807, 2.05) is 0 Å². The van der Waals surface area contributed by atoms with Crippen molar-refractivity contribution >= 4 is 11.8 Å². The Labute approximate surface area is 103 Å². The van der Waals surface area contributed by atoms with E-state index in [0.29, 0.717) is 6.61 Å². The Morgan fingerprint density at radius 2 is 2.33 bits per heavy atom. The molecule has 18 heavy (non-hydrogen) atoms. The molecule has 1 saturated heterocycles. The first-order valence-corrected chi connectivity index (χ1v) is 5.42. The van der Waals surface area contributed by atoms with Crippen molar-refractivity contribution in [2.24, 2.45) is 5.73 Å². The van der Waals surface area contributed by atoms with Crippen LogP contribution in [0.3, 0.4) is 0 Å². The Hall–Kier alpha value is -2.15. The number of primary amides is 1. The highest BCUT2D eigenvalue weighted by Gasteiger charge is 2.32. The van der Waals surface area contributed by atoms with Crippen LogP contribution in [0.4, 0.5) is 0 Å². The maximum absolute atomic E-state index is 12.2. The van der Waals surface area contributed by atoms with Crippen LogP contribution in [0.15, 0.2) is 18.5 Å². The lowest BCUT2D eigenvalue weighted by Gasteiger charge is -2.33. The Kier molecular flexibility index (Phi) is 3.42. The zero-order chi connectivity index (χ0) is 13.1. The molecular formula is C11H13N3O4. The van der Waals surface area contributed by atoms with Crippen LogP contribution in [-0.4, -0.2) is 52.6 Å². The molecule has 1 aromatic heterocycles. The monoisotopic (exact) mass is 251 g/mol. The molecule has 2 amide bonds. The van der Waals surface area contributed by atoms with Crippen molar-refractivity contribution in [1.82, 2.24) is 9.88 Å². The number of amides is 2. The summed E-state index contributed by atoms with van der Waals surface area (Å²) in [6.07, 6.45) is 2.57. The van der Waals surface area contributed by atoms with Crippen LogP contribution >= 0.6 is 0 Å². The molecule has 1 fully saturated rings. The van der Waals surface area contributed by atoms with Gasteiger partial charge in [-0.25, -0.2) is 0 Å². The fraction of sp³-hybridized carbons (Fsp3) is 0.364. The minimum atomic E-state index is -0.807. The lowest BCUT2D eigenvalue weighted by atomic mass is 10.1. The van der Waals surface area contributed by atoms with E-state index in [4.69, 9.17) is 10.5 Å². The third-order valence-corrected chi connectivity index (χ3v) is 2.75. The minimum absolute atomic E-state index is 0.0763. The summed E-state index contributed by atoms with van der Waals surface area (Å²) in [5.41, 5.74) is 5.32. The van der Waals surface area contributed by atoms with Crippen LogP contribution in [0.25, 0.3) is 0 Å². The second-order valence-electron chi connectivity index (χ2n) is 3.88. The predicted molar refractivity (Wildman–Crippen MR) is 60.7 cm³/mol. The summed E-state index contributed by atoms with van der Waals surface area (Å²) in [6.45, 7) is 0.669. The van der Waals surface area contributed by atoms with Crippen LogP contribution in [0, 0.1) is 0 Å². The smallest absolute Gasteiger partial charge is 0.258 e. The van der Waals surface area contributed by atoms with Crippen molar-refractivity contribution in [2.45, 2.75) is 6.04 Å². The van der Waals surface area contributed by atoms with E-state index in [1.165, 1.54) is 23.4 Å². The van der Waals surface area contributed by atoms with Crippen LogP contribution in [0.2, 0.25) is 0 Å². The molecule has 0 bridgehead atoms. The molecule has 0 spiro atoms. The maximum Gasteiger partial charge on any atom is 0.258 e. The van der Waals surface area contributed by atoms with Gasteiger partial charge in [0.05, 0.1) is 25.0 Å². The fourth-order valence-electron chi connectivity index (χ4n) is 1.80. The first kappa shape index (κ1) is 12.3. The van der Waals surface area contributed by atoms with Crippen LogP contribution < -0.4 is 5.73 Å². The van der Waals surface area contributed by atoms with Gasteiger partial charge in [-0.15, -0.1) is 0 Å². The zero-order valence-corrected chi connectivity index (χ0v) is 9.57. The van der Waals surface area contributed by atoms with Gasteiger partial charge in [0.25, 0.3) is 5.91 Å². The Bertz CT molecular complexity index is 477. The number of pyridine rings is 1. The van der Waals surface area contributed by atoms with Crippen molar-refractivity contribution in [3.63, 3.8) is 0 Å². The van der Waals surface area contributed by atoms with Crippen molar-refractivity contribution in [1.29, 1.82) is 0 Å². The topological polar surface area (TPSA) is 106 Å². The van der Waals surface area contributed by atoms with Crippen molar-refractivity contribution in [3.8, 4) is 5.75 Å². The Morgan fingerprint density at radius 1 is 1.56 bits per heavy atom. The number of hydrogen-bond donors (Lipinski definition) is 2. The van der Waals surface area contributed by atoms with E-state index in [-0.39, 0.29) is 24.5 Å². The highest BCUT2D eigenvalue weighted by atomic mass is 16.5. The lowest BCUT2D eigenvalue weighted by Crippen LogP contribution is -2.54. The molecule has 1 atom stereocenters. The summed E-state index contributed by atoms with van der Waals surface area (Å²) in [4.78, 5) is 28.5. The highest BCUT2D eigenvalue weighted by Crippen LogP contribution is 2.19. The van der Waals surface area contributed by atoms with E-state index in [2.05, 4.69) is 4.98 Å². The van der Waals surface area contributed by atoms with E-state index < -0.39 is 17.9 Å². The minimum Gasteiger partial charge on any atom is -0.505 e. The van der Waals surface area contributed by atoms with Crippen LogP contribution in [-0.2, 0) is 9.53 Å². The molecule has 2 rings (SSSR count). The van der Waals surface area contributed by atoms with E-state index in [0.717, 1.165) is 0 Å². The number of carbonyl (C=O) groups excluding carboxylic acids is 2. The fourth-order valence-corrected chi connectivity index (χ4v) is 1.80. The molecule has 1 aliphatic rings. The molecule has 96 valence electrons. The average Bonchev–Trinajstić information content (AvgIpc) is 2.38. The number of aromatic hydroxyl groups is 1. The highest BCUT2D eigenvalue weighted by molar-refractivity contribution is 5.99. The van der Waals surface area contributed by atoms with Gasteiger partial charge in [0.2, 0.25) is 5.91 Å². The summed E-state index contributed by atoms with van der Waals surface area (Å²) in [7, 11) is 0. The lowest BCUT2D eigenvalue weighted by molar-refractivity contribution is -0.127. The Balaban J connectivity index is 2.27. The quantitative estimate of drug-likeness (QED) is 0.709. The second-order valence-corrected chi connectivity index (χ2v) is 3.88. The van der Waals surface area contributed by atoms with Gasteiger partial charge in [-0.1, -0.05) is 0 Å².